The minimum atomic E-state index is 0.108. The van der Waals surface area contributed by atoms with Crippen LogP contribution in [0.3, 0.4) is 0 Å². The highest BCUT2D eigenvalue weighted by Crippen LogP contribution is 2.47. The molecular weight excluding hydrogens is 282 g/mol. The molecule has 2 atom stereocenters. The smallest absolute Gasteiger partial charge is 0.124 e. The van der Waals surface area contributed by atoms with Crippen LogP contribution in [0.1, 0.15) is 83.2 Å². The maximum Gasteiger partial charge on any atom is 0.124 e. The highest BCUT2D eigenvalue weighted by atomic mass is 16.5. The fraction of sp³-hybridized carbons (Fsp3) is 0.714. The number of hydrogen-bond donors (Lipinski definition) is 1. The Labute approximate surface area is 142 Å². The Balaban J connectivity index is 1.69. The van der Waals surface area contributed by atoms with E-state index in [0.29, 0.717) is 6.04 Å². The minimum Gasteiger partial charge on any atom is -0.487 e. The molecule has 1 heterocycles. The van der Waals surface area contributed by atoms with Gasteiger partial charge in [-0.3, -0.25) is 0 Å². The predicted octanol–water partition coefficient (Wildman–Crippen LogP) is 5.63. The maximum atomic E-state index is 6.47. The van der Waals surface area contributed by atoms with Crippen LogP contribution in [0.25, 0.3) is 0 Å². The van der Waals surface area contributed by atoms with Gasteiger partial charge in [-0.1, -0.05) is 51.3 Å². The second kappa shape index (κ2) is 7.70. The quantitative estimate of drug-likeness (QED) is 0.704. The van der Waals surface area contributed by atoms with Gasteiger partial charge in [0, 0.05) is 18.0 Å². The van der Waals surface area contributed by atoms with Crippen molar-refractivity contribution in [2.24, 2.45) is 5.92 Å². The average molecular weight is 316 g/mol. The van der Waals surface area contributed by atoms with Gasteiger partial charge >= 0.3 is 0 Å². The van der Waals surface area contributed by atoms with Crippen LogP contribution >= 0.6 is 0 Å². The summed E-state index contributed by atoms with van der Waals surface area (Å²) >= 11 is 0. The molecule has 2 nitrogen and oxygen atoms in total. The van der Waals surface area contributed by atoms with E-state index in [1.807, 2.05) is 0 Å². The second-order valence-electron chi connectivity index (χ2n) is 7.61. The van der Waals surface area contributed by atoms with Crippen LogP contribution in [-0.4, -0.2) is 12.1 Å². The summed E-state index contributed by atoms with van der Waals surface area (Å²) in [6.07, 6.45) is 11.5. The first-order valence-electron chi connectivity index (χ1n) is 9.77. The summed E-state index contributed by atoms with van der Waals surface area (Å²) < 4.78 is 6.47. The molecule has 2 unspecified atom stereocenters. The Kier molecular flexibility index (Phi) is 5.63. The molecule has 1 N–H and O–H groups in total. The van der Waals surface area contributed by atoms with Gasteiger partial charge in [0.25, 0.3) is 0 Å². The van der Waals surface area contributed by atoms with Crippen LogP contribution in [0.15, 0.2) is 24.3 Å². The van der Waals surface area contributed by atoms with E-state index in [4.69, 9.17) is 4.74 Å². The third-order valence-corrected chi connectivity index (χ3v) is 5.91. The predicted molar refractivity (Wildman–Crippen MR) is 96.9 cm³/mol. The van der Waals surface area contributed by atoms with Gasteiger partial charge in [-0.25, -0.2) is 0 Å². The number of fused-ring (bicyclic) bond motifs is 1. The molecule has 2 heteroatoms. The normalized spacial score (nSPS) is 23.5. The highest BCUT2D eigenvalue weighted by molar-refractivity contribution is 5.39. The molecule has 1 aromatic rings. The molecule has 3 rings (SSSR count). The van der Waals surface area contributed by atoms with Crippen molar-refractivity contribution in [3.8, 4) is 5.75 Å². The zero-order chi connectivity index (χ0) is 16.1. The van der Waals surface area contributed by atoms with Gasteiger partial charge in [0.1, 0.15) is 11.4 Å². The van der Waals surface area contributed by atoms with E-state index < -0.39 is 0 Å². The van der Waals surface area contributed by atoms with Crippen molar-refractivity contribution in [3.05, 3.63) is 29.8 Å². The standard InChI is InChI=1S/C21H33NO/c1-3-5-10-17(4-2)16-22-19-15-21(13-8-9-14-21)23-20-12-7-6-11-18(19)20/h6-7,11-12,17,19,22H,3-5,8-10,13-16H2,1-2H3. The first kappa shape index (κ1) is 16.8. The van der Waals surface area contributed by atoms with Crippen LogP contribution < -0.4 is 10.1 Å². The van der Waals surface area contributed by atoms with Gasteiger partial charge in [-0.05, 0) is 50.6 Å². The van der Waals surface area contributed by atoms with E-state index in [2.05, 4.69) is 43.4 Å². The Morgan fingerprint density at radius 1 is 1.22 bits per heavy atom. The molecule has 23 heavy (non-hydrogen) atoms. The summed E-state index contributed by atoms with van der Waals surface area (Å²) in [5.41, 5.74) is 1.48. The zero-order valence-electron chi connectivity index (χ0n) is 14.9. The lowest BCUT2D eigenvalue weighted by Gasteiger charge is -2.40. The molecule has 1 spiro atoms. The summed E-state index contributed by atoms with van der Waals surface area (Å²) in [7, 11) is 0. The molecule has 128 valence electrons. The van der Waals surface area contributed by atoms with Crippen molar-refractivity contribution in [1.29, 1.82) is 0 Å². The molecule has 1 saturated carbocycles. The summed E-state index contributed by atoms with van der Waals surface area (Å²) in [4.78, 5) is 0. The van der Waals surface area contributed by atoms with Crippen molar-refractivity contribution >= 4 is 0 Å². The number of benzene rings is 1. The van der Waals surface area contributed by atoms with Gasteiger partial charge in [0.15, 0.2) is 0 Å². The third kappa shape index (κ3) is 3.91. The summed E-state index contributed by atoms with van der Waals surface area (Å²) in [5, 5.41) is 3.91. The molecule has 0 aromatic heterocycles. The zero-order valence-corrected chi connectivity index (χ0v) is 14.9. The van der Waals surface area contributed by atoms with Crippen LogP contribution in [0.5, 0.6) is 5.75 Å². The van der Waals surface area contributed by atoms with Crippen LogP contribution in [0.4, 0.5) is 0 Å². The monoisotopic (exact) mass is 315 g/mol. The molecule has 2 aliphatic rings. The Morgan fingerprint density at radius 3 is 2.74 bits per heavy atom. The number of unbranched alkanes of at least 4 members (excludes halogenated alkanes) is 1. The SMILES string of the molecule is CCCCC(CC)CNC1CC2(CCCC2)Oc2ccccc21. The fourth-order valence-electron chi connectivity index (χ4n) is 4.38. The Hall–Kier alpha value is -1.02. The first-order chi connectivity index (χ1) is 11.3. The van der Waals surface area contributed by atoms with Crippen molar-refractivity contribution in [2.45, 2.75) is 83.3 Å². The fourth-order valence-corrected chi connectivity index (χ4v) is 4.38. The molecule has 0 bridgehead atoms. The molecular formula is C21H33NO. The first-order valence-corrected chi connectivity index (χ1v) is 9.77. The molecule has 0 radical (unpaired) electrons. The van der Waals surface area contributed by atoms with Gasteiger partial charge in [0.2, 0.25) is 0 Å². The minimum absolute atomic E-state index is 0.108. The number of nitrogens with one attached hydrogen (secondary N) is 1. The Bertz CT molecular complexity index is 492. The van der Waals surface area contributed by atoms with E-state index in [0.717, 1.165) is 24.6 Å². The topological polar surface area (TPSA) is 21.3 Å². The van der Waals surface area contributed by atoms with Crippen LogP contribution in [-0.2, 0) is 0 Å². The average Bonchev–Trinajstić information content (AvgIpc) is 3.02. The van der Waals surface area contributed by atoms with E-state index in [9.17, 15) is 0 Å². The number of para-hydroxylation sites is 1. The highest BCUT2D eigenvalue weighted by Gasteiger charge is 2.42. The van der Waals surface area contributed by atoms with E-state index in [-0.39, 0.29) is 5.60 Å². The lowest BCUT2D eigenvalue weighted by Crippen LogP contribution is -2.43. The van der Waals surface area contributed by atoms with Crippen molar-refractivity contribution in [3.63, 3.8) is 0 Å². The van der Waals surface area contributed by atoms with Gasteiger partial charge in [0.05, 0.1) is 0 Å². The largest absolute Gasteiger partial charge is 0.487 e. The maximum absolute atomic E-state index is 6.47. The van der Waals surface area contributed by atoms with Crippen molar-refractivity contribution < 1.29 is 4.74 Å². The van der Waals surface area contributed by atoms with E-state index >= 15 is 0 Å². The number of hydrogen-bond acceptors (Lipinski definition) is 2. The third-order valence-electron chi connectivity index (χ3n) is 5.91. The molecule has 0 amide bonds. The lowest BCUT2D eigenvalue weighted by molar-refractivity contribution is 0.0360. The number of rotatable bonds is 7. The Morgan fingerprint density at radius 2 is 2.00 bits per heavy atom. The van der Waals surface area contributed by atoms with Crippen molar-refractivity contribution in [1.82, 2.24) is 5.32 Å². The van der Waals surface area contributed by atoms with Gasteiger partial charge in [-0.2, -0.15) is 0 Å². The number of ether oxygens (including phenoxy) is 1. The molecule has 1 aliphatic carbocycles. The van der Waals surface area contributed by atoms with Gasteiger partial charge < -0.3 is 10.1 Å². The van der Waals surface area contributed by atoms with Crippen LogP contribution in [0, 0.1) is 5.92 Å². The van der Waals surface area contributed by atoms with Crippen LogP contribution in [0.2, 0.25) is 0 Å². The van der Waals surface area contributed by atoms with Crippen molar-refractivity contribution in [2.75, 3.05) is 6.54 Å². The molecule has 1 aliphatic heterocycles. The molecule has 0 saturated heterocycles. The van der Waals surface area contributed by atoms with Gasteiger partial charge in [-0.15, -0.1) is 0 Å². The molecule has 1 aromatic carbocycles. The lowest BCUT2D eigenvalue weighted by atomic mass is 9.85. The molecule has 1 fully saturated rings. The summed E-state index contributed by atoms with van der Waals surface area (Å²) in [6.45, 7) is 5.77. The van der Waals surface area contributed by atoms with E-state index in [1.54, 1.807) is 0 Å². The van der Waals surface area contributed by atoms with E-state index in [1.165, 1.54) is 56.9 Å². The summed E-state index contributed by atoms with van der Waals surface area (Å²) in [6, 6.07) is 9.14. The summed E-state index contributed by atoms with van der Waals surface area (Å²) in [5.74, 6) is 1.93. The second-order valence-corrected chi connectivity index (χ2v) is 7.61.